The van der Waals surface area contributed by atoms with Crippen LogP contribution in [0.4, 0.5) is 5.82 Å². The average molecular weight is 226 g/mol. The van der Waals surface area contributed by atoms with Crippen molar-refractivity contribution in [3.05, 3.63) is 17.5 Å². The third kappa shape index (κ3) is 1.68. The van der Waals surface area contributed by atoms with Gasteiger partial charge in [0.1, 0.15) is 17.3 Å². The molecule has 0 amide bonds. The quantitative estimate of drug-likeness (QED) is 0.674. The highest BCUT2D eigenvalue weighted by Crippen LogP contribution is 2.31. The van der Waals surface area contributed by atoms with E-state index in [4.69, 9.17) is 16.3 Å². The monoisotopic (exact) mass is 225 g/mol. The molecular weight excluding hydrogens is 214 g/mol. The number of ether oxygens (including phenoxy) is 1. The van der Waals surface area contributed by atoms with Crippen LogP contribution in [0.5, 0.6) is 0 Å². The van der Waals surface area contributed by atoms with Gasteiger partial charge in [-0.2, -0.15) is 0 Å². The van der Waals surface area contributed by atoms with Crippen molar-refractivity contribution in [1.82, 2.24) is 9.97 Å². The predicted octanol–water partition coefficient (Wildman–Crippen LogP) is 1.21. The van der Waals surface area contributed by atoms with Crippen LogP contribution < -0.4 is 4.90 Å². The number of anilines is 1. The zero-order valence-corrected chi connectivity index (χ0v) is 9.02. The van der Waals surface area contributed by atoms with Crippen LogP contribution in [0, 0.1) is 11.8 Å². The van der Waals surface area contributed by atoms with E-state index >= 15 is 0 Å². The maximum absolute atomic E-state index is 5.84. The summed E-state index contributed by atoms with van der Waals surface area (Å²) >= 11 is 5.84. The molecule has 4 nitrogen and oxygen atoms in total. The Balaban J connectivity index is 1.79. The lowest BCUT2D eigenvalue weighted by molar-refractivity contribution is 0.177. The van der Waals surface area contributed by atoms with Gasteiger partial charge >= 0.3 is 0 Å². The van der Waals surface area contributed by atoms with E-state index in [-0.39, 0.29) is 0 Å². The van der Waals surface area contributed by atoms with Crippen LogP contribution in [0.15, 0.2) is 12.4 Å². The van der Waals surface area contributed by atoms with Gasteiger partial charge in [0, 0.05) is 31.0 Å². The molecule has 0 N–H and O–H groups in total. The third-order valence-electron chi connectivity index (χ3n) is 3.18. The molecule has 3 heterocycles. The Kier molecular flexibility index (Phi) is 2.25. The lowest BCUT2D eigenvalue weighted by Crippen LogP contribution is -2.23. The van der Waals surface area contributed by atoms with Crippen molar-refractivity contribution < 1.29 is 4.74 Å². The normalized spacial score (nSPS) is 29.5. The molecule has 0 aliphatic carbocycles. The van der Waals surface area contributed by atoms with Crippen molar-refractivity contribution in [3.8, 4) is 0 Å². The summed E-state index contributed by atoms with van der Waals surface area (Å²) < 4.78 is 5.43. The van der Waals surface area contributed by atoms with Crippen LogP contribution >= 0.6 is 11.6 Å². The zero-order valence-electron chi connectivity index (χ0n) is 8.27. The molecule has 2 aliphatic heterocycles. The summed E-state index contributed by atoms with van der Waals surface area (Å²) in [5.41, 5.74) is 0. The molecule has 2 saturated heterocycles. The second-order valence-corrected chi connectivity index (χ2v) is 4.55. The van der Waals surface area contributed by atoms with Gasteiger partial charge in [-0.1, -0.05) is 11.6 Å². The fourth-order valence-electron chi connectivity index (χ4n) is 2.37. The molecule has 0 saturated carbocycles. The summed E-state index contributed by atoms with van der Waals surface area (Å²) in [6.07, 6.45) is 1.52. The summed E-state index contributed by atoms with van der Waals surface area (Å²) in [6.45, 7) is 3.83. The molecule has 1 aromatic heterocycles. The Morgan fingerprint density at radius 1 is 1.27 bits per heavy atom. The zero-order chi connectivity index (χ0) is 10.3. The molecule has 0 spiro atoms. The average Bonchev–Trinajstić information content (AvgIpc) is 2.76. The van der Waals surface area contributed by atoms with Gasteiger partial charge in [-0.15, -0.1) is 0 Å². The lowest BCUT2D eigenvalue weighted by atomic mass is 10.0. The van der Waals surface area contributed by atoms with E-state index in [1.54, 1.807) is 0 Å². The molecule has 15 heavy (non-hydrogen) atoms. The highest BCUT2D eigenvalue weighted by Gasteiger charge is 2.37. The second-order valence-electron chi connectivity index (χ2n) is 4.16. The van der Waals surface area contributed by atoms with Crippen LogP contribution in [0.2, 0.25) is 5.15 Å². The van der Waals surface area contributed by atoms with Crippen LogP contribution in [0.1, 0.15) is 0 Å². The van der Waals surface area contributed by atoms with E-state index in [9.17, 15) is 0 Å². The SMILES string of the molecule is Clc1cc(N2C[C@H]3COC[C@H]3C2)ncn1. The summed E-state index contributed by atoms with van der Waals surface area (Å²) in [6, 6.07) is 1.82. The summed E-state index contributed by atoms with van der Waals surface area (Å²) in [5, 5.41) is 0.508. The first kappa shape index (κ1) is 9.36. The van der Waals surface area contributed by atoms with Gasteiger partial charge in [0.25, 0.3) is 0 Å². The smallest absolute Gasteiger partial charge is 0.134 e. The fourth-order valence-corrected chi connectivity index (χ4v) is 2.51. The van der Waals surface area contributed by atoms with E-state index in [0.717, 1.165) is 32.1 Å². The van der Waals surface area contributed by atoms with Gasteiger partial charge < -0.3 is 9.64 Å². The highest BCUT2D eigenvalue weighted by molar-refractivity contribution is 6.29. The molecule has 80 valence electrons. The van der Waals surface area contributed by atoms with E-state index in [1.165, 1.54) is 6.33 Å². The van der Waals surface area contributed by atoms with E-state index < -0.39 is 0 Å². The van der Waals surface area contributed by atoms with Crippen molar-refractivity contribution >= 4 is 17.4 Å². The van der Waals surface area contributed by atoms with Crippen molar-refractivity contribution in [2.24, 2.45) is 11.8 Å². The molecular formula is C10H12ClN3O. The minimum atomic E-state index is 0.508. The Hall–Kier alpha value is -0.870. The number of aromatic nitrogens is 2. The van der Waals surface area contributed by atoms with Gasteiger partial charge in [-0.3, -0.25) is 0 Å². The van der Waals surface area contributed by atoms with Crippen molar-refractivity contribution in [1.29, 1.82) is 0 Å². The molecule has 2 fully saturated rings. The fraction of sp³-hybridized carbons (Fsp3) is 0.600. The minimum absolute atomic E-state index is 0.508. The summed E-state index contributed by atoms with van der Waals surface area (Å²) in [4.78, 5) is 10.4. The van der Waals surface area contributed by atoms with Gasteiger partial charge in [0.15, 0.2) is 0 Å². The summed E-state index contributed by atoms with van der Waals surface area (Å²) in [7, 11) is 0. The Morgan fingerprint density at radius 3 is 2.67 bits per heavy atom. The second kappa shape index (κ2) is 3.61. The molecule has 2 aliphatic rings. The molecule has 0 radical (unpaired) electrons. The molecule has 2 atom stereocenters. The number of hydrogen-bond donors (Lipinski definition) is 0. The first-order valence-electron chi connectivity index (χ1n) is 5.13. The molecule has 5 heteroatoms. The highest BCUT2D eigenvalue weighted by atomic mass is 35.5. The standard InChI is InChI=1S/C10H12ClN3O/c11-9-1-10(13-6-12-9)14-2-7-4-15-5-8(7)3-14/h1,6-8H,2-5H2/t7-,8+. The molecule has 0 unspecified atom stereocenters. The topological polar surface area (TPSA) is 38.2 Å². The summed E-state index contributed by atoms with van der Waals surface area (Å²) in [5.74, 6) is 2.27. The van der Waals surface area contributed by atoms with E-state index in [0.29, 0.717) is 17.0 Å². The van der Waals surface area contributed by atoms with Crippen molar-refractivity contribution in [2.45, 2.75) is 0 Å². The van der Waals surface area contributed by atoms with Crippen LogP contribution in [-0.4, -0.2) is 36.3 Å². The van der Waals surface area contributed by atoms with Gasteiger partial charge in [-0.05, 0) is 0 Å². The maximum Gasteiger partial charge on any atom is 0.134 e. The van der Waals surface area contributed by atoms with Crippen LogP contribution in [-0.2, 0) is 4.74 Å². The molecule has 0 bridgehead atoms. The number of hydrogen-bond acceptors (Lipinski definition) is 4. The minimum Gasteiger partial charge on any atom is -0.381 e. The molecule has 0 aromatic carbocycles. The number of rotatable bonds is 1. The van der Waals surface area contributed by atoms with Crippen molar-refractivity contribution in [3.63, 3.8) is 0 Å². The van der Waals surface area contributed by atoms with Gasteiger partial charge in [0.2, 0.25) is 0 Å². The lowest BCUT2D eigenvalue weighted by Gasteiger charge is -2.17. The first-order chi connectivity index (χ1) is 7.33. The molecule has 1 aromatic rings. The van der Waals surface area contributed by atoms with Crippen LogP contribution in [0.25, 0.3) is 0 Å². The number of fused-ring (bicyclic) bond motifs is 1. The number of halogens is 1. The Morgan fingerprint density at radius 2 is 2.00 bits per heavy atom. The Bertz CT molecular complexity index is 361. The van der Waals surface area contributed by atoms with Crippen LogP contribution in [0.3, 0.4) is 0 Å². The van der Waals surface area contributed by atoms with E-state index in [1.807, 2.05) is 6.07 Å². The third-order valence-corrected chi connectivity index (χ3v) is 3.39. The number of nitrogens with zero attached hydrogens (tertiary/aromatic N) is 3. The van der Waals surface area contributed by atoms with Gasteiger partial charge in [-0.25, -0.2) is 9.97 Å². The Labute approximate surface area is 93.2 Å². The largest absolute Gasteiger partial charge is 0.381 e. The van der Waals surface area contributed by atoms with E-state index in [2.05, 4.69) is 14.9 Å². The molecule has 3 rings (SSSR count). The van der Waals surface area contributed by atoms with Gasteiger partial charge in [0.05, 0.1) is 13.2 Å². The maximum atomic E-state index is 5.84. The predicted molar refractivity (Wildman–Crippen MR) is 57.1 cm³/mol. The van der Waals surface area contributed by atoms with Crippen molar-refractivity contribution in [2.75, 3.05) is 31.2 Å². The first-order valence-corrected chi connectivity index (χ1v) is 5.51.